The predicted molar refractivity (Wildman–Crippen MR) is 121 cm³/mol. The minimum atomic E-state index is 0.396. The van der Waals surface area contributed by atoms with Crippen molar-refractivity contribution in [2.45, 2.75) is 19.6 Å². The quantitative estimate of drug-likeness (QED) is 0.374. The number of para-hydroxylation sites is 1. The van der Waals surface area contributed by atoms with Gasteiger partial charge >= 0.3 is 0 Å². The molecule has 0 spiro atoms. The molecule has 0 heterocycles. The maximum atomic E-state index is 6.19. The monoisotopic (exact) mass is 449 g/mol. The summed E-state index contributed by atoms with van der Waals surface area (Å²) < 4.78 is 11.4. The SMILES string of the molecule is COc1ccccc1CCNCc1cc(Cl)ccc1OCc1ccc(Cl)c(Cl)c1. The van der Waals surface area contributed by atoms with Gasteiger partial charge in [0, 0.05) is 17.1 Å². The summed E-state index contributed by atoms with van der Waals surface area (Å²) in [5.41, 5.74) is 3.12. The molecule has 3 aromatic carbocycles. The van der Waals surface area contributed by atoms with Gasteiger partial charge in [0.15, 0.2) is 0 Å². The van der Waals surface area contributed by atoms with Crippen LogP contribution in [0.25, 0.3) is 0 Å². The van der Waals surface area contributed by atoms with Crippen molar-refractivity contribution in [1.82, 2.24) is 5.32 Å². The first kappa shape index (κ1) is 21.8. The molecule has 0 radical (unpaired) electrons. The van der Waals surface area contributed by atoms with E-state index in [0.29, 0.717) is 28.2 Å². The third kappa shape index (κ3) is 6.28. The van der Waals surface area contributed by atoms with Gasteiger partial charge in [-0.3, -0.25) is 0 Å². The average Bonchev–Trinajstić information content (AvgIpc) is 2.73. The van der Waals surface area contributed by atoms with Gasteiger partial charge in [-0.2, -0.15) is 0 Å². The van der Waals surface area contributed by atoms with Gasteiger partial charge in [-0.05, 0) is 60.5 Å². The van der Waals surface area contributed by atoms with Crippen molar-refractivity contribution >= 4 is 34.8 Å². The molecule has 0 saturated carbocycles. The molecule has 3 aromatic rings. The number of nitrogens with one attached hydrogen (secondary N) is 1. The summed E-state index contributed by atoms with van der Waals surface area (Å²) in [6, 6.07) is 19.1. The number of hydrogen-bond donors (Lipinski definition) is 1. The largest absolute Gasteiger partial charge is 0.496 e. The Morgan fingerprint density at radius 2 is 1.66 bits per heavy atom. The van der Waals surface area contributed by atoms with Crippen molar-refractivity contribution < 1.29 is 9.47 Å². The van der Waals surface area contributed by atoms with E-state index in [2.05, 4.69) is 11.4 Å². The number of ether oxygens (including phenoxy) is 2. The fourth-order valence-electron chi connectivity index (χ4n) is 2.97. The molecule has 0 amide bonds. The van der Waals surface area contributed by atoms with Gasteiger partial charge in [-0.25, -0.2) is 0 Å². The second-order valence-electron chi connectivity index (χ2n) is 6.53. The molecule has 0 aliphatic carbocycles. The van der Waals surface area contributed by atoms with Gasteiger partial charge in [0.05, 0.1) is 17.2 Å². The molecule has 0 atom stereocenters. The second-order valence-corrected chi connectivity index (χ2v) is 7.78. The van der Waals surface area contributed by atoms with E-state index in [4.69, 9.17) is 44.3 Å². The van der Waals surface area contributed by atoms with Crippen LogP contribution in [0.2, 0.25) is 15.1 Å². The van der Waals surface area contributed by atoms with Crippen molar-refractivity contribution in [3.8, 4) is 11.5 Å². The molecule has 0 unspecified atom stereocenters. The first-order valence-electron chi connectivity index (χ1n) is 9.24. The minimum absolute atomic E-state index is 0.396. The van der Waals surface area contributed by atoms with Crippen LogP contribution in [0, 0.1) is 0 Å². The molecular formula is C23H22Cl3NO2. The number of hydrogen-bond acceptors (Lipinski definition) is 3. The van der Waals surface area contributed by atoms with Gasteiger partial charge in [0.2, 0.25) is 0 Å². The lowest BCUT2D eigenvalue weighted by Crippen LogP contribution is -2.17. The van der Waals surface area contributed by atoms with Crippen molar-refractivity contribution in [3.63, 3.8) is 0 Å². The standard InChI is InChI=1S/C23H22Cl3NO2/c1-28-22-5-3-2-4-17(22)10-11-27-14-18-13-19(24)7-9-23(18)29-15-16-6-8-20(25)21(26)12-16/h2-9,12-13,27H,10-11,14-15H2,1H3. The van der Waals surface area contributed by atoms with Crippen molar-refractivity contribution in [2.75, 3.05) is 13.7 Å². The highest BCUT2D eigenvalue weighted by Crippen LogP contribution is 2.26. The molecule has 0 aliphatic heterocycles. The lowest BCUT2D eigenvalue weighted by molar-refractivity contribution is 0.302. The van der Waals surface area contributed by atoms with Crippen LogP contribution in [0.3, 0.4) is 0 Å². The Kier molecular flexibility index (Phi) is 8.08. The molecule has 0 fully saturated rings. The summed E-state index contributed by atoms with van der Waals surface area (Å²) in [6.07, 6.45) is 0.865. The summed E-state index contributed by atoms with van der Waals surface area (Å²) in [5, 5.41) is 5.17. The highest BCUT2D eigenvalue weighted by atomic mass is 35.5. The Labute approximate surface area is 186 Å². The maximum Gasteiger partial charge on any atom is 0.124 e. The van der Waals surface area contributed by atoms with Crippen LogP contribution in [0.4, 0.5) is 0 Å². The van der Waals surface area contributed by atoms with Gasteiger partial charge in [-0.15, -0.1) is 0 Å². The molecule has 0 aliphatic rings. The molecule has 0 aromatic heterocycles. The molecule has 1 N–H and O–H groups in total. The normalized spacial score (nSPS) is 10.8. The van der Waals surface area contributed by atoms with E-state index in [9.17, 15) is 0 Å². The Bertz CT molecular complexity index is 963. The highest BCUT2D eigenvalue weighted by molar-refractivity contribution is 6.42. The Morgan fingerprint density at radius 3 is 2.45 bits per heavy atom. The second kappa shape index (κ2) is 10.7. The molecule has 3 rings (SSSR count). The van der Waals surface area contributed by atoms with Crippen LogP contribution in [-0.4, -0.2) is 13.7 Å². The zero-order valence-corrected chi connectivity index (χ0v) is 18.3. The molecule has 0 saturated heterocycles. The smallest absolute Gasteiger partial charge is 0.124 e. The maximum absolute atomic E-state index is 6.19. The van der Waals surface area contributed by atoms with Crippen LogP contribution in [-0.2, 0) is 19.6 Å². The Hall–Kier alpha value is -1.91. The van der Waals surface area contributed by atoms with Gasteiger partial charge in [-0.1, -0.05) is 59.1 Å². The average molecular weight is 451 g/mol. The van der Waals surface area contributed by atoms with Gasteiger partial charge in [0.1, 0.15) is 18.1 Å². The third-order valence-electron chi connectivity index (χ3n) is 4.48. The molecule has 29 heavy (non-hydrogen) atoms. The van der Waals surface area contributed by atoms with Crippen LogP contribution >= 0.6 is 34.8 Å². The zero-order chi connectivity index (χ0) is 20.6. The third-order valence-corrected chi connectivity index (χ3v) is 5.45. The van der Waals surface area contributed by atoms with Crippen molar-refractivity contribution in [2.24, 2.45) is 0 Å². The Morgan fingerprint density at radius 1 is 0.828 bits per heavy atom. The van der Waals surface area contributed by atoms with E-state index in [1.165, 1.54) is 5.56 Å². The molecule has 3 nitrogen and oxygen atoms in total. The van der Waals surface area contributed by atoms with E-state index in [1.54, 1.807) is 13.2 Å². The van der Waals surface area contributed by atoms with Crippen molar-refractivity contribution in [1.29, 1.82) is 0 Å². The van der Waals surface area contributed by atoms with E-state index >= 15 is 0 Å². The van der Waals surface area contributed by atoms with E-state index in [1.807, 2.05) is 48.5 Å². The highest BCUT2D eigenvalue weighted by Gasteiger charge is 2.07. The molecule has 6 heteroatoms. The number of methoxy groups -OCH3 is 1. The summed E-state index contributed by atoms with van der Waals surface area (Å²) >= 11 is 18.2. The topological polar surface area (TPSA) is 30.5 Å². The first-order chi connectivity index (χ1) is 14.1. The first-order valence-corrected chi connectivity index (χ1v) is 10.4. The predicted octanol–water partition coefficient (Wildman–Crippen LogP) is 6.57. The number of rotatable bonds is 9. The van der Waals surface area contributed by atoms with Crippen LogP contribution < -0.4 is 14.8 Å². The van der Waals surface area contributed by atoms with Crippen LogP contribution in [0.5, 0.6) is 11.5 Å². The summed E-state index contributed by atoms with van der Waals surface area (Å²) in [6.45, 7) is 1.85. The van der Waals surface area contributed by atoms with E-state index in [-0.39, 0.29) is 0 Å². The summed E-state index contributed by atoms with van der Waals surface area (Å²) in [4.78, 5) is 0. The fraction of sp³-hybridized carbons (Fsp3) is 0.217. The molecule has 152 valence electrons. The van der Waals surface area contributed by atoms with Gasteiger partial charge in [0.25, 0.3) is 0 Å². The van der Waals surface area contributed by atoms with Crippen molar-refractivity contribution in [3.05, 3.63) is 92.4 Å². The summed E-state index contributed by atoms with van der Waals surface area (Å²) in [7, 11) is 1.69. The lowest BCUT2D eigenvalue weighted by atomic mass is 10.1. The lowest BCUT2D eigenvalue weighted by Gasteiger charge is -2.14. The fourth-order valence-corrected chi connectivity index (χ4v) is 3.49. The summed E-state index contributed by atoms with van der Waals surface area (Å²) in [5.74, 6) is 1.69. The number of benzene rings is 3. The van der Waals surface area contributed by atoms with E-state index < -0.39 is 0 Å². The molecular weight excluding hydrogens is 429 g/mol. The molecule has 0 bridgehead atoms. The Balaban J connectivity index is 1.58. The van der Waals surface area contributed by atoms with Gasteiger partial charge < -0.3 is 14.8 Å². The van der Waals surface area contributed by atoms with E-state index in [0.717, 1.165) is 35.6 Å². The van der Waals surface area contributed by atoms with Crippen LogP contribution in [0.1, 0.15) is 16.7 Å². The zero-order valence-electron chi connectivity index (χ0n) is 16.1. The van der Waals surface area contributed by atoms with Crippen LogP contribution in [0.15, 0.2) is 60.7 Å². The number of halogens is 3. The minimum Gasteiger partial charge on any atom is -0.496 e.